The Labute approximate surface area is 168 Å². The van der Waals surface area contributed by atoms with Gasteiger partial charge >= 0.3 is 11.9 Å². The summed E-state index contributed by atoms with van der Waals surface area (Å²) in [5, 5.41) is 2.80. The highest BCUT2D eigenvalue weighted by Crippen LogP contribution is 2.28. The second kappa shape index (κ2) is 7.94. The topological polar surface area (TPSA) is 93.2 Å². The van der Waals surface area contributed by atoms with Crippen LogP contribution in [0.4, 0.5) is 0 Å². The Morgan fingerprint density at radius 3 is 1.48 bits per heavy atom. The zero-order valence-electron chi connectivity index (χ0n) is 15.5. The van der Waals surface area contributed by atoms with Crippen LogP contribution in [0.2, 0.25) is 0 Å². The lowest BCUT2D eigenvalue weighted by atomic mass is 10.1. The van der Waals surface area contributed by atoms with E-state index >= 15 is 0 Å². The minimum absolute atomic E-state index is 0.168. The average Bonchev–Trinajstić information content (AvgIpc) is 3.07. The molecule has 0 bridgehead atoms. The normalized spacial score (nSPS) is 23.9. The van der Waals surface area contributed by atoms with Crippen LogP contribution < -0.4 is 0 Å². The van der Waals surface area contributed by atoms with Gasteiger partial charge in [0.15, 0.2) is 9.84 Å². The van der Waals surface area contributed by atoms with Gasteiger partial charge in [-0.05, 0) is 24.3 Å². The van der Waals surface area contributed by atoms with Crippen LogP contribution in [0.25, 0.3) is 0 Å². The Morgan fingerprint density at radius 1 is 0.724 bits per heavy atom. The Bertz CT molecular complexity index is 921. The van der Waals surface area contributed by atoms with E-state index in [2.05, 4.69) is 0 Å². The molecule has 29 heavy (non-hydrogen) atoms. The molecular formula is C20H20N2O6S. The van der Waals surface area contributed by atoms with Gasteiger partial charge in [0.2, 0.25) is 0 Å². The standard InChI is InChI=1S/C20H20N2O6S/c23-19(15-7-3-1-4-8-15)27-21-11-12-22(18-14-29(25,26)13-17(18)21)28-20(24)16-9-5-2-6-10-16/h1-10,17-18H,11-14H2/t17-,18+. The number of fused-ring (bicyclic) bond motifs is 1. The highest BCUT2D eigenvalue weighted by molar-refractivity contribution is 7.91. The summed E-state index contributed by atoms with van der Waals surface area (Å²) in [7, 11) is -3.36. The molecule has 152 valence electrons. The van der Waals surface area contributed by atoms with Gasteiger partial charge in [-0.3, -0.25) is 0 Å². The number of carbonyl (C=O) groups excluding carboxylic acids is 2. The van der Waals surface area contributed by atoms with Gasteiger partial charge in [-0.25, -0.2) is 18.0 Å². The molecule has 0 aromatic heterocycles. The number of sulfone groups is 1. The predicted molar refractivity (Wildman–Crippen MR) is 103 cm³/mol. The first kappa shape index (κ1) is 19.6. The smallest absolute Gasteiger partial charge is 0.357 e. The summed E-state index contributed by atoms with van der Waals surface area (Å²) in [5.41, 5.74) is 0.755. The van der Waals surface area contributed by atoms with Crippen LogP contribution in [0, 0.1) is 0 Å². The first-order valence-electron chi connectivity index (χ1n) is 9.21. The quantitative estimate of drug-likeness (QED) is 0.737. The molecule has 0 unspecified atom stereocenters. The van der Waals surface area contributed by atoms with Crippen molar-refractivity contribution in [1.82, 2.24) is 10.1 Å². The fourth-order valence-electron chi connectivity index (χ4n) is 3.58. The van der Waals surface area contributed by atoms with Gasteiger partial charge in [0.25, 0.3) is 0 Å². The molecule has 0 saturated carbocycles. The van der Waals surface area contributed by atoms with Crippen molar-refractivity contribution in [3.05, 3.63) is 71.8 Å². The molecule has 2 aromatic carbocycles. The summed E-state index contributed by atoms with van der Waals surface area (Å²) in [4.78, 5) is 35.8. The number of rotatable bonds is 4. The first-order valence-corrected chi connectivity index (χ1v) is 11.0. The molecule has 2 aliphatic rings. The summed E-state index contributed by atoms with van der Waals surface area (Å²) in [6, 6.07) is 15.8. The zero-order chi connectivity index (χ0) is 20.4. The number of hydrogen-bond acceptors (Lipinski definition) is 8. The summed E-state index contributed by atoms with van der Waals surface area (Å²) in [6.45, 7) is 0.439. The SMILES string of the molecule is O=C(ON1CCN(OC(=O)c2ccccc2)[C@H]2CS(=O)(=O)C[C@H]21)c1ccccc1. The van der Waals surface area contributed by atoms with Crippen LogP contribution >= 0.6 is 0 Å². The van der Waals surface area contributed by atoms with Crippen molar-refractivity contribution in [1.29, 1.82) is 0 Å². The monoisotopic (exact) mass is 416 g/mol. The van der Waals surface area contributed by atoms with Crippen molar-refractivity contribution >= 4 is 21.8 Å². The highest BCUT2D eigenvalue weighted by atomic mass is 32.2. The van der Waals surface area contributed by atoms with Gasteiger partial charge < -0.3 is 9.68 Å². The van der Waals surface area contributed by atoms with Gasteiger partial charge in [0.05, 0.1) is 47.8 Å². The van der Waals surface area contributed by atoms with E-state index < -0.39 is 33.9 Å². The van der Waals surface area contributed by atoms with E-state index in [4.69, 9.17) is 9.68 Å². The minimum Gasteiger partial charge on any atom is -0.363 e. The second-order valence-electron chi connectivity index (χ2n) is 6.98. The van der Waals surface area contributed by atoms with Gasteiger partial charge in [0, 0.05) is 0 Å². The van der Waals surface area contributed by atoms with Crippen LogP contribution in [-0.2, 0) is 19.5 Å². The molecule has 2 aromatic rings. The number of carbonyl (C=O) groups is 2. The maximum atomic E-state index is 12.4. The third kappa shape index (κ3) is 4.31. The summed E-state index contributed by atoms with van der Waals surface area (Å²) in [6.07, 6.45) is 0. The number of hydroxylamine groups is 4. The van der Waals surface area contributed by atoms with Crippen LogP contribution in [-0.4, -0.2) is 67.2 Å². The van der Waals surface area contributed by atoms with Crippen molar-refractivity contribution in [3.8, 4) is 0 Å². The second-order valence-corrected chi connectivity index (χ2v) is 9.14. The lowest BCUT2D eigenvalue weighted by Crippen LogP contribution is -2.59. The van der Waals surface area contributed by atoms with Crippen molar-refractivity contribution in [2.24, 2.45) is 0 Å². The molecule has 2 aliphatic heterocycles. The Morgan fingerprint density at radius 2 is 1.10 bits per heavy atom. The number of piperazine rings is 1. The molecule has 0 radical (unpaired) electrons. The van der Waals surface area contributed by atoms with Gasteiger partial charge in [-0.15, -0.1) is 10.1 Å². The molecule has 0 N–H and O–H groups in total. The lowest BCUT2D eigenvalue weighted by Gasteiger charge is -2.40. The molecule has 2 atom stereocenters. The third-order valence-electron chi connectivity index (χ3n) is 4.99. The minimum atomic E-state index is -3.36. The van der Waals surface area contributed by atoms with Crippen molar-refractivity contribution < 1.29 is 27.7 Å². The maximum absolute atomic E-state index is 12.4. The van der Waals surface area contributed by atoms with Crippen LogP contribution in [0.5, 0.6) is 0 Å². The van der Waals surface area contributed by atoms with Gasteiger partial charge in [0.1, 0.15) is 0 Å². The molecule has 2 saturated heterocycles. The molecule has 0 amide bonds. The van der Waals surface area contributed by atoms with Gasteiger partial charge in [-0.2, -0.15) is 0 Å². The Hall–Kier alpha value is -2.75. The average molecular weight is 416 g/mol. The van der Waals surface area contributed by atoms with Crippen molar-refractivity contribution in [3.63, 3.8) is 0 Å². The Balaban J connectivity index is 1.49. The van der Waals surface area contributed by atoms with E-state index in [0.29, 0.717) is 11.1 Å². The van der Waals surface area contributed by atoms with Gasteiger partial charge in [-0.1, -0.05) is 36.4 Å². The fraction of sp³-hybridized carbons (Fsp3) is 0.300. The molecule has 2 fully saturated rings. The van der Waals surface area contributed by atoms with E-state index in [9.17, 15) is 18.0 Å². The van der Waals surface area contributed by atoms with E-state index in [0.717, 1.165) is 0 Å². The molecule has 8 nitrogen and oxygen atoms in total. The highest BCUT2D eigenvalue weighted by Gasteiger charge is 2.50. The summed E-state index contributed by atoms with van der Waals surface area (Å²) in [5.74, 6) is -1.44. The summed E-state index contributed by atoms with van der Waals surface area (Å²) < 4.78 is 24.5. The first-order chi connectivity index (χ1) is 13.9. The third-order valence-corrected chi connectivity index (χ3v) is 6.69. The zero-order valence-corrected chi connectivity index (χ0v) is 16.3. The number of benzene rings is 2. The molecule has 2 heterocycles. The molecule has 0 aliphatic carbocycles. The molecule has 9 heteroatoms. The predicted octanol–water partition coefficient (Wildman–Crippen LogP) is 1.31. The van der Waals surface area contributed by atoms with Crippen LogP contribution in [0.15, 0.2) is 60.7 Å². The Kier molecular flexibility index (Phi) is 5.35. The largest absolute Gasteiger partial charge is 0.363 e. The van der Waals surface area contributed by atoms with Crippen LogP contribution in [0.3, 0.4) is 0 Å². The van der Waals surface area contributed by atoms with Crippen LogP contribution in [0.1, 0.15) is 20.7 Å². The van der Waals surface area contributed by atoms with E-state index in [1.54, 1.807) is 60.7 Å². The molecular weight excluding hydrogens is 396 g/mol. The molecule has 0 spiro atoms. The number of hydrogen-bond donors (Lipinski definition) is 0. The lowest BCUT2D eigenvalue weighted by molar-refractivity contribution is -0.229. The number of nitrogens with zero attached hydrogens (tertiary/aromatic N) is 2. The summed E-state index contributed by atoms with van der Waals surface area (Å²) >= 11 is 0. The van der Waals surface area contributed by atoms with E-state index in [1.165, 1.54) is 10.1 Å². The van der Waals surface area contributed by atoms with E-state index in [-0.39, 0.29) is 24.6 Å². The maximum Gasteiger partial charge on any atom is 0.357 e. The fourth-order valence-corrected chi connectivity index (χ4v) is 5.54. The van der Waals surface area contributed by atoms with E-state index in [1.807, 2.05) is 0 Å². The van der Waals surface area contributed by atoms with Crippen molar-refractivity contribution in [2.45, 2.75) is 12.1 Å². The molecule has 4 rings (SSSR count). The van der Waals surface area contributed by atoms with Crippen molar-refractivity contribution in [2.75, 3.05) is 24.6 Å².